The number of carbonyl (C=O) groups excluding carboxylic acids is 1. The number of likely N-dealkylation sites (tertiary alicyclic amines) is 1. The number of piperidine rings is 1. The van der Waals surface area contributed by atoms with Gasteiger partial charge in [0, 0.05) is 24.6 Å². The highest BCUT2D eigenvalue weighted by Crippen LogP contribution is 2.26. The Morgan fingerprint density at radius 1 is 1.13 bits per heavy atom. The Morgan fingerprint density at radius 3 is 2.71 bits per heavy atom. The van der Waals surface area contributed by atoms with Gasteiger partial charge in [-0.15, -0.1) is 0 Å². The van der Waals surface area contributed by atoms with Crippen LogP contribution in [-0.4, -0.2) is 40.6 Å². The van der Waals surface area contributed by atoms with E-state index in [-0.39, 0.29) is 18.4 Å². The van der Waals surface area contributed by atoms with Gasteiger partial charge in [-0.3, -0.25) is 4.79 Å². The highest BCUT2D eigenvalue weighted by atomic mass is 16.5. The number of amides is 1. The van der Waals surface area contributed by atoms with Crippen molar-refractivity contribution in [1.82, 2.24) is 15.0 Å². The summed E-state index contributed by atoms with van der Waals surface area (Å²) >= 11 is 0. The van der Waals surface area contributed by atoms with Crippen molar-refractivity contribution in [1.29, 1.82) is 0 Å². The lowest BCUT2D eigenvalue weighted by Gasteiger charge is -2.31. The number of carbonyl (C=O) groups is 1. The molecule has 0 saturated carbocycles. The molecular formula is C24H27N3O4. The molecule has 2 aromatic carbocycles. The van der Waals surface area contributed by atoms with E-state index in [9.17, 15) is 4.79 Å². The molecule has 1 fully saturated rings. The van der Waals surface area contributed by atoms with E-state index in [0.717, 1.165) is 30.7 Å². The van der Waals surface area contributed by atoms with E-state index in [1.807, 2.05) is 66.4 Å². The van der Waals surface area contributed by atoms with Gasteiger partial charge in [0.25, 0.3) is 11.8 Å². The highest BCUT2D eigenvalue weighted by molar-refractivity contribution is 5.94. The highest BCUT2D eigenvalue weighted by Gasteiger charge is 2.28. The third-order valence-corrected chi connectivity index (χ3v) is 5.31. The van der Waals surface area contributed by atoms with E-state index < -0.39 is 0 Å². The van der Waals surface area contributed by atoms with Crippen LogP contribution in [-0.2, 0) is 18.0 Å². The van der Waals surface area contributed by atoms with Crippen LogP contribution in [0.1, 0.15) is 53.3 Å². The molecule has 1 saturated heterocycles. The van der Waals surface area contributed by atoms with Crippen molar-refractivity contribution in [3.8, 4) is 5.75 Å². The molecule has 0 bridgehead atoms. The summed E-state index contributed by atoms with van der Waals surface area (Å²) in [5.74, 6) is 1.95. The Kier molecular flexibility index (Phi) is 6.94. The maximum atomic E-state index is 12.9. The van der Waals surface area contributed by atoms with Crippen molar-refractivity contribution in [3.63, 3.8) is 0 Å². The number of hydrogen-bond donors (Lipinski definition) is 0. The van der Waals surface area contributed by atoms with Crippen molar-refractivity contribution in [2.24, 2.45) is 0 Å². The minimum absolute atomic E-state index is 0.0164. The normalized spacial score (nSPS) is 16.3. The first-order chi connectivity index (χ1) is 15.2. The molecule has 1 aliphatic heterocycles. The number of ether oxygens (including phenoxy) is 2. The van der Waals surface area contributed by atoms with Crippen LogP contribution in [0.15, 0.2) is 59.1 Å². The Balaban J connectivity index is 1.32. The predicted molar refractivity (Wildman–Crippen MR) is 115 cm³/mol. The molecule has 31 heavy (non-hydrogen) atoms. The molecule has 1 unspecified atom stereocenters. The first-order valence-electron chi connectivity index (χ1n) is 10.7. The maximum absolute atomic E-state index is 12.9. The van der Waals surface area contributed by atoms with E-state index in [4.69, 9.17) is 14.0 Å². The zero-order chi connectivity index (χ0) is 21.5. The Hall–Kier alpha value is -3.19. The van der Waals surface area contributed by atoms with E-state index in [0.29, 0.717) is 37.0 Å². The molecule has 2 heterocycles. The quantitative estimate of drug-likeness (QED) is 0.542. The van der Waals surface area contributed by atoms with Gasteiger partial charge in [0.2, 0.25) is 0 Å². The van der Waals surface area contributed by atoms with Crippen LogP contribution in [0.5, 0.6) is 5.75 Å². The monoisotopic (exact) mass is 421 g/mol. The lowest BCUT2D eigenvalue weighted by molar-refractivity contribution is 0.0703. The van der Waals surface area contributed by atoms with Crippen LogP contribution in [0.3, 0.4) is 0 Å². The molecule has 0 spiro atoms. The van der Waals surface area contributed by atoms with E-state index >= 15 is 0 Å². The van der Waals surface area contributed by atoms with Crippen LogP contribution in [0.25, 0.3) is 0 Å². The van der Waals surface area contributed by atoms with Gasteiger partial charge in [0.05, 0.1) is 13.2 Å². The van der Waals surface area contributed by atoms with Gasteiger partial charge in [-0.2, -0.15) is 4.98 Å². The summed E-state index contributed by atoms with van der Waals surface area (Å²) in [6.07, 6.45) is 1.83. The number of hydrogen-bond acceptors (Lipinski definition) is 6. The van der Waals surface area contributed by atoms with E-state index in [2.05, 4.69) is 10.1 Å². The minimum Gasteiger partial charge on any atom is -0.494 e. The van der Waals surface area contributed by atoms with Gasteiger partial charge in [-0.05, 0) is 49.6 Å². The van der Waals surface area contributed by atoms with Crippen LogP contribution in [0.2, 0.25) is 0 Å². The molecule has 162 valence electrons. The van der Waals surface area contributed by atoms with Gasteiger partial charge >= 0.3 is 0 Å². The molecule has 1 amide bonds. The Labute approximate surface area is 182 Å². The number of aromatic nitrogens is 2. The molecule has 7 heteroatoms. The van der Waals surface area contributed by atoms with Gasteiger partial charge in [0.1, 0.15) is 12.4 Å². The summed E-state index contributed by atoms with van der Waals surface area (Å²) < 4.78 is 16.5. The molecule has 1 aliphatic rings. The Bertz CT molecular complexity index is 972. The molecule has 0 aliphatic carbocycles. The molecule has 0 N–H and O–H groups in total. The summed E-state index contributed by atoms with van der Waals surface area (Å²) in [6.45, 7) is 4.61. The number of rotatable bonds is 8. The topological polar surface area (TPSA) is 77.7 Å². The second-order valence-electron chi connectivity index (χ2n) is 7.57. The third-order valence-electron chi connectivity index (χ3n) is 5.31. The van der Waals surface area contributed by atoms with Crippen LogP contribution >= 0.6 is 0 Å². The van der Waals surface area contributed by atoms with Crippen LogP contribution < -0.4 is 4.74 Å². The molecule has 1 aromatic heterocycles. The van der Waals surface area contributed by atoms with E-state index in [1.165, 1.54) is 0 Å². The fourth-order valence-electron chi connectivity index (χ4n) is 3.74. The van der Waals surface area contributed by atoms with Crippen LogP contribution in [0, 0.1) is 0 Å². The standard InChI is InChI=1S/C24H27N3O4/c1-2-30-21-12-10-19(11-13-21)24(28)27-14-6-9-20(15-27)23-25-22(31-26-23)17-29-16-18-7-4-3-5-8-18/h3-5,7-8,10-13,20H,2,6,9,14-17H2,1H3. The van der Waals surface area contributed by atoms with Gasteiger partial charge in [-0.25, -0.2) is 0 Å². The average molecular weight is 421 g/mol. The van der Waals surface area contributed by atoms with Crippen molar-refractivity contribution >= 4 is 5.91 Å². The zero-order valence-electron chi connectivity index (χ0n) is 17.7. The SMILES string of the molecule is CCOc1ccc(C(=O)N2CCCC(c3noc(COCc4ccccc4)n3)C2)cc1. The second kappa shape index (κ2) is 10.2. The lowest BCUT2D eigenvalue weighted by Crippen LogP contribution is -2.39. The minimum atomic E-state index is 0.0164. The first kappa shape index (κ1) is 21.1. The third kappa shape index (κ3) is 5.49. The van der Waals surface area contributed by atoms with Gasteiger partial charge in [0.15, 0.2) is 5.82 Å². The lowest BCUT2D eigenvalue weighted by atomic mass is 9.96. The summed E-state index contributed by atoms with van der Waals surface area (Å²) in [7, 11) is 0. The average Bonchev–Trinajstić information content (AvgIpc) is 3.29. The number of benzene rings is 2. The number of nitrogens with zero attached hydrogens (tertiary/aromatic N) is 3. The Morgan fingerprint density at radius 2 is 1.94 bits per heavy atom. The zero-order valence-corrected chi connectivity index (χ0v) is 17.7. The van der Waals surface area contributed by atoms with Crippen molar-refractivity contribution in [3.05, 3.63) is 77.4 Å². The van der Waals surface area contributed by atoms with Gasteiger partial charge < -0.3 is 18.9 Å². The second-order valence-corrected chi connectivity index (χ2v) is 7.57. The molecule has 4 rings (SSSR count). The van der Waals surface area contributed by atoms with Crippen LogP contribution in [0.4, 0.5) is 0 Å². The molecule has 1 atom stereocenters. The summed E-state index contributed by atoms with van der Waals surface area (Å²) in [5.41, 5.74) is 1.75. The molecule has 3 aromatic rings. The fraction of sp³-hybridized carbons (Fsp3) is 0.375. The van der Waals surface area contributed by atoms with Crippen molar-refractivity contribution < 1.29 is 18.8 Å². The van der Waals surface area contributed by atoms with Crippen molar-refractivity contribution in [2.45, 2.75) is 38.9 Å². The first-order valence-corrected chi connectivity index (χ1v) is 10.7. The largest absolute Gasteiger partial charge is 0.494 e. The molecular weight excluding hydrogens is 394 g/mol. The van der Waals surface area contributed by atoms with E-state index in [1.54, 1.807) is 0 Å². The molecule has 0 radical (unpaired) electrons. The predicted octanol–water partition coefficient (Wildman–Crippen LogP) is 4.20. The summed E-state index contributed by atoms with van der Waals surface area (Å²) in [5, 5.41) is 4.14. The summed E-state index contributed by atoms with van der Waals surface area (Å²) in [4.78, 5) is 19.3. The van der Waals surface area contributed by atoms with Gasteiger partial charge in [-0.1, -0.05) is 35.5 Å². The summed E-state index contributed by atoms with van der Waals surface area (Å²) in [6, 6.07) is 17.2. The maximum Gasteiger partial charge on any atom is 0.253 e. The van der Waals surface area contributed by atoms with Crippen molar-refractivity contribution in [2.75, 3.05) is 19.7 Å². The smallest absolute Gasteiger partial charge is 0.253 e. The molecule has 7 nitrogen and oxygen atoms in total. The fourth-order valence-corrected chi connectivity index (χ4v) is 3.74.